The molecule has 1 saturated heterocycles. The Kier molecular flexibility index (Phi) is 4.42. The van der Waals surface area contributed by atoms with Crippen LogP contribution in [0, 0.1) is 0 Å². The summed E-state index contributed by atoms with van der Waals surface area (Å²) >= 11 is 0. The lowest BCUT2D eigenvalue weighted by Gasteiger charge is -2.22. The maximum Gasteiger partial charge on any atom is 0.441 e. The molecule has 2 aromatic rings. The standard InChI is InChI=1S/C14H17N3O4/c18-14-17(7-9-20-12-5-1-2-8-19-12)13(16-21-14)11-4-3-6-15-10-11/h3-4,6,10,12H,1-2,5,7-9H2/t12-/m0/s1. The van der Waals surface area contributed by atoms with Gasteiger partial charge in [-0.25, -0.2) is 4.79 Å². The summed E-state index contributed by atoms with van der Waals surface area (Å²) in [7, 11) is 0. The Morgan fingerprint density at radius 3 is 3.14 bits per heavy atom. The Morgan fingerprint density at radius 1 is 1.43 bits per heavy atom. The topological polar surface area (TPSA) is 79.4 Å². The van der Waals surface area contributed by atoms with Gasteiger partial charge in [-0.2, -0.15) is 0 Å². The Bertz CT molecular complexity index is 617. The maximum absolute atomic E-state index is 11.7. The van der Waals surface area contributed by atoms with E-state index in [-0.39, 0.29) is 6.29 Å². The van der Waals surface area contributed by atoms with Crippen LogP contribution in [0.15, 0.2) is 33.8 Å². The summed E-state index contributed by atoms with van der Waals surface area (Å²) in [4.78, 5) is 15.7. The molecule has 0 radical (unpaired) electrons. The molecule has 0 unspecified atom stereocenters. The predicted molar refractivity (Wildman–Crippen MR) is 73.5 cm³/mol. The highest BCUT2D eigenvalue weighted by Gasteiger charge is 2.16. The number of nitrogens with zero attached hydrogens (tertiary/aromatic N) is 3. The van der Waals surface area contributed by atoms with Gasteiger partial charge in [0.1, 0.15) is 0 Å². The van der Waals surface area contributed by atoms with Gasteiger partial charge in [0.2, 0.25) is 0 Å². The zero-order valence-electron chi connectivity index (χ0n) is 11.6. The van der Waals surface area contributed by atoms with Crippen LogP contribution in [-0.2, 0) is 16.0 Å². The second-order valence-corrected chi connectivity index (χ2v) is 4.83. The van der Waals surface area contributed by atoms with E-state index in [1.807, 2.05) is 6.07 Å². The molecule has 0 saturated carbocycles. The van der Waals surface area contributed by atoms with Gasteiger partial charge in [-0.3, -0.25) is 14.1 Å². The first-order valence-corrected chi connectivity index (χ1v) is 7.05. The van der Waals surface area contributed by atoms with Crippen LogP contribution in [0.1, 0.15) is 19.3 Å². The van der Waals surface area contributed by atoms with Crippen molar-refractivity contribution >= 4 is 0 Å². The van der Waals surface area contributed by atoms with E-state index < -0.39 is 5.76 Å². The third kappa shape index (κ3) is 3.37. The third-order valence-corrected chi connectivity index (χ3v) is 3.36. The highest BCUT2D eigenvalue weighted by atomic mass is 16.7. The van der Waals surface area contributed by atoms with E-state index in [0.717, 1.165) is 31.4 Å². The van der Waals surface area contributed by atoms with Crippen LogP contribution < -0.4 is 5.76 Å². The summed E-state index contributed by atoms with van der Waals surface area (Å²) < 4.78 is 17.3. The van der Waals surface area contributed by atoms with Gasteiger partial charge in [0.15, 0.2) is 12.1 Å². The smallest absolute Gasteiger partial charge is 0.353 e. The molecular formula is C14H17N3O4. The molecule has 7 heteroatoms. The summed E-state index contributed by atoms with van der Waals surface area (Å²) in [6.07, 6.45) is 6.22. The fraction of sp³-hybridized carbons (Fsp3) is 0.500. The maximum atomic E-state index is 11.7. The van der Waals surface area contributed by atoms with Gasteiger partial charge >= 0.3 is 5.76 Å². The van der Waals surface area contributed by atoms with Crippen molar-refractivity contribution in [3.63, 3.8) is 0 Å². The van der Waals surface area contributed by atoms with Gasteiger partial charge in [-0.15, -0.1) is 0 Å². The summed E-state index contributed by atoms with van der Waals surface area (Å²) in [6.45, 7) is 1.48. The minimum Gasteiger partial charge on any atom is -0.353 e. The number of pyridine rings is 1. The average molecular weight is 291 g/mol. The monoisotopic (exact) mass is 291 g/mol. The van der Waals surface area contributed by atoms with Gasteiger partial charge in [0.05, 0.1) is 13.2 Å². The van der Waals surface area contributed by atoms with Crippen LogP contribution in [0.3, 0.4) is 0 Å². The van der Waals surface area contributed by atoms with E-state index >= 15 is 0 Å². The lowest BCUT2D eigenvalue weighted by Crippen LogP contribution is -2.26. The molecule has 0 aliphatic carbocycles. The molecule has 1 atom stereocenters. The Hall–Kier alpha value is -1.99. The molecule has 1 aliphatic rings. The van der Waals surface area contributed by atoms with E-state index in [2.05, 4.69) is 10.1 Å². The molecule has 0 N–H and O–H groups in total. The zero-order valence-corrected chi connectivity index (χ0v) is 11.6. The van der Waals surface area contributed by atoms with Crippen molar-refractivity contribution in [1.82, 2.24) is 14.7 Å². The largest absolute Gasteiger partial charge is 0.441 e. The molecule has 2 aromatic heterocycles. The second kappa shape index (κ2) is 6.64. The molecular weight excluding hydrogens is 274 g/mol. The summed E-state index contributed by atoms with van der Waals surface area (Å²) in [5.41, 5.74) is 0.734. The van der Waals surface area contributed by atoms with Gasteiger partial charge in [0.25, 0.3) is 0 Å². The molecule has 3 heterocycles. The van der Waals surface area contributed by atoms with Crippen LogP contribution in [0.25, 0.3) is 11.4 Å². The van der Waals surface area contributed by atoms with Crippen molar-refractivity contribution in [2.24, 2.45) is 0 Å². The van der Waals surface area contributed by atoms with E-state index in [1.165, 1.54) is 4.57 Å². The van der Waals surface area contributed by atoms with Crippen molar-refractivity contribution in [1.29, 1.82) is 0 Å². The summed E-state index contributed by atoms with van der Waals surface area (Å²) in [6, 6.07) is 3.61. The quantitative estimate of drug-likeness (QED) is 0.829. The van der Waals surface area contributed by atoms with Gasteiger partial charge < -0.3 is 9.47 Å². The molecule has 0 aromatic carbocycles. The fourth-order valence-corrected chi connectivity index (χ4v) is 2.29. The SMILES string of the molecule is O=c1onc(-c2cccnc2)n1CCO[C@H]1CCCCO1. The molecule has 112 valence electrons. The van der Waals surface area contributed by atoms with Crippen LogP contribution >= 0.6 is 0 Å². The highest BCUT2D eigenvalue weighted by Crippen LogP contribution is 2.15. The first-order valence-electron chi connectivity index (χ1n) is 7.05. The average Bonchev–Trinajstić information content (AvgIpc) is 2.91. The Morgan fingerprint density at radius 2 is 2.38 bits per heavy atom. The van der Waals surface area contributed by atoms with Crippen LogP contribution in [0.4, 0.5) is 0 Å². The summed E-state index contributed by atoms with van der Waals surface area (Å²) in [5.74, 6) is -0.0386. The Balaban J connectivity index is 1.65. The van der Waals surface area contributed by atoms with Gasteiger partial charge in [-0.05, 0) is 31.4 Å². The van der Waals surface area contributed by atoms with E-state index in [9.17, 15) is 4.79 Å². The number of aromatic nitrogens is 3. The molecule has 0 bridgehead atoms. The first-order chi connectivity index (χ1) is 10.3. The molecule has 0 spiro atoms. The molecule has 1 aliphatic heterocycles. The van der Waals surface area contributed by atoms with Crippen LogP contribution in [0.5, 0.6) is 0 Å². The molecule has 7 nitrogen and oxygen atoms in total. The number of ether oxygens (including phenoxy) is 2. The lowest BCUT2D eigenvalue weighted by atomic mass is 10.2. The normalized spacial score (nSPS) is 18.8. The molecule has 1 fully saturated rings. The van der Waals surface area contributed by atoms with Gasteiger partial charge in [0, 0.05) is 24.6 Å². The molecule has 3 rings (SSSR count). The van der Waals surface area contributed by atoms with Crippen molar-refractivity contribution in [2.45, 2.75) is 32.1 Å². The van der Waals surface area contributed by atoms with Gasteiger partial charge in [-0.1, -0.05) is 5.16 Å². The van der Waals surface area contributed by atoms with E-state index in [0.29, 0.717) is 19.0 Å². The zero-order chi connectivity index (χ0) is 14.5. The summed E-state index contributed by atoms with van der Waals surface area (Å²) in [5, 5.41) is 3.80. The van der Waals surface area contributed by atoms with E-state index in [4.69, 9.17) is 14.0 Å². The Labute approximate surface area is 121 Å². The van der Waals surface area contributed by atoms with E-state index in [1.54, 1.807) is 18.5 Å². The van der Waals surface area contributed by atoms with Crippen molar-refractivity contribution in [2.75, 3.05) is 13.2 Å². The first kappa shape index (κ1) is 14.0. The van der Waals surface area contributed by atoms with Crippen LogP contribution in [-0.4, -0.2) is 34.2 Å². The van der Waals surface area contributed by atoms with Crippen molar-refractivity contribution in [3.8, 4) is 11.4 Å². The number of hydrogen-bond donors (Lipinski definition) is 0. The number of hydrogen-bond acceptors (Lipinski definition) is 6. The predicted octanol–water partition coefficient (Wildman–Crippen LogP) is 1.44. The second-order valence-electron chi connectivity index (χ2n) is 4.83. The molecule has 0 amide bonds. The lowest BCUT2D eigenvalue weighted by molar-refractivity contribution is -0.163. The minimum absolute atomic E-state index is 0.170. The van der Waals surface area contributed by atoms with Crippen molar-refractivity contribution < 1.29 is 14.0 Å². The third-order valence-electron chi connectivity index (χ3n) is 3.36. The van der Waals surface area contributed by atoms with Crippen LogP contribution in [0.2, 0.25) is 0 Å². The number of rotatable bonds is 5. The molecule has 21 heavy (non-hydrogen) atoms. The highest BCUT2D eigenvalue weighted by molar-refractivity contribution is 5.52. The fourth-order valence-electron chi connectivity index (χ4n) is 2.29. The minimum atomic E-state index is -0.498. The van der Waals surface area contributed by atoms with Crippen molar-refractivity contribution in [3.05, 3.63) is 35.1 Å².